The van der Waals surface area contributed by atoms with Crippen LogP contribution < -0.4 is 5.32 Å². The van der Waals surface area contributed by atoms with Gasteiger partial charge in [0.25, 0.3) is 0 Å². The third-order valence-electron chi connectivity index (χ3n) is 3.70. The number of ether oxygens (including phenoxy) is 1. The SMILES string of the molecule is CCCN(C1CCNC1)S(=O)(=O)c1cccc(COC)c1. The molecule has 1 heterocycles. The zero-order valence-corrected chi connectivity index (χ0v) is 13.5. The Morgan fingerprint density at radius 1 is 1.43 bits per heavy atom. The van der Waals surface area contributed by atoms with Crippen molar-refractivity contribution < 1.29 is 13.2 Å². The second kappa shape index (κ2) is 7.35. The van der Waals surface area contributed by atoms with Crippen LogP contribution in [0.2, 0.25) is 0 Å². The minimum atomic E-state index is -3.45. The fourth-order valence-electron chi connectivity index (χ4n) is 2.70. The predicted molar refractivity (Wildman–Crippen MR) is 82.6 cm³/mol. The number of benzene rings is 1. The summed E-state index contributed by atoms with van der Waals surface area (Å²) in [6.45, 7) is 4.60. The van der Waals surface area contributed by atoms with Crippen LogP contribution in [-0.4, -0.2) is 45.5 Å². The van der Waals surface area contributed by atoms with Crippen molar-refractivity contribution in [3.63, 3.8) is 0 Å². The first-order chi connectivity index (χ1) is 10.1. The minimum absolute atomic E-state index is 0.0565. The summed E-state index contributed by atoms with van der Waals surface area (Å²) in [5.74, 6) is 0. The Morgan fingerprint density at radius 2 is 2.24 bits per heavy atom. The van der Waals surface area contributed by atoms with Crippen LogP contribution in [0, 0.1) is 0 Å². The molecule has 1 aliphatic heterocycles. The molecule has 118 valence electrons. The van der Waals surface area contributed by atoms with Crippen LogP contribution in [0.15, 0.2) is 29.2 Å². The van der Waals surface area contributed by atoms with E-state index in [1.807, 2.05) is 13.0 Å². The molecule has 1 N–H and O–H groups in total. The molecule has 0 aromatic heterocycles. The van der Waals surface area contributed by atoms with Crippen LogP contribution in [0.3, 0.4) is 0 Å². The summed E-state index contributed by atoms with van der Waals surface area (Å²) < 4.78 is 32.6. The molecular formula is C15H24N2O3S. The molecule has 1 aromatic rings. The first kappa shape index (κ1) is 16.4. The molecule has 1 fully saturated rings. The quantitative estimate of drug-likeness (QED) is 0.831. The van der Waals surface area contributed by atoms with Gasteiger partial charge in [-0.2, -0.15) is 4.31 Å². The standard InChI is InChI=1S/C15H24N2O3S/c1-3-9-17(14-7-8-16-11-14)21(18,19)15-6-4-5-13(10-15)12-20-2/h4-6,10,14,16H,3,7-9,11-12H2,1-2H3. The van der Waals surface area contributed by atoms with Crippen molar-refractivity contribution in [2.75, 3.05) is 26.7 Å². The predicted octanol–water partition coefficient (Wildman–Crippen LogP) is 1.60. The molecule has 1 unspecified atom stereocenters. The van der Waals surface area contributed by atoms with E-state index in [2.05, 4.69) is 5.32 Å². The number of rotatable bonds is 7. The molecule has 0 radical (unpaired) electrons. The van der Waals surface area contributed by atoms with Crippen LogP contribution in [0.4, 0.5) is 0 Å². The van der Waals surface area contributed by atoms with E-state index in [9.17, 15) is 8.42 Å². The average Bonchev–Trinajstić information content (AvgIpc) is 2.99. The maximum Gasteiger partial charge on any atom is 0.243 e. The number of hydrogen-bond donors (Lipinski definition) is 1. The molecule has 0 spiro atoms. The van der Waals surface area contributed by atoms with Crippen LogP contribution in [0.1, 0.15) is 25.3 Å². The van der Waals surface area contributed by atoms with E-state index in [0.717, 1.165) is 31.5 Å². The molecule has 0 amide bonds. The fraction of sp³-hybridized carbons (Fsp3) is 0.600. The molecule has 21 heavy (non-hydrogen) atoms. The lowest BCUT2D eigenvalue weighted by Gasteiger charge is -2.27. The summed E-state index contributed by atoms with van der Waals surface area (Å²) in [7, 11) is -1.84. The Balaban J connectivity index is 2.30. The Kier molecular flexibility index (Phi) is 5.75. The van der Waals surface area contributed by atoms with Crippen molar-refractivity contribution in [1.29, 1.82) is 0 Å². The van der Waals surface area contributed by atoms with Gasteiger partial charge in [0.15, 0.2) is 0 Å². The van der Waals surface area contributed by atoms with Gasteiger partial charge in [-0.1, -0.05) is 19.1 Å². The van der Waals surface area contributed by atoms with Crippen molar-refractivity contribution in [1.82, 2.24) is 9.62 Å². The van der Waals surface area contributed by atoms with Gasteiger partial charge >= 0.3 is 0 Å². The van der Waals surface area contributed by atoms with Crippen LogP contribution in [-0.2, 0) is 21.4 Å². The van der Waals surface area contributed by atoms with Crippen LogP contribution >= 0.6 is 0 Å². The summed E-state index contributed by atoms with van der Waals surface area (Å²) in [5, 5.41) is 3.24. The van der Waals surface area contributed by atoms with Gasteiger partial charge < -0.3 is 10.1 Å². The van der Waals surface area contributed by atoms with E-state index >= 15 is 0 Å². The van der Waals surface area contributed by atoms with E-state index in [1.54, 1.807) is 29.6 Å². The molecule has 2 rings (SSSR count). The number of hydrogen-bond acceptors (Lipinski definition) is 4. The number of methoxy groups -OCH3 is 1. The van der Waals surface area contributed by atoms with Crippen molar-refractivity contribution in [2.45, 2.75) is 37.3 Å². The van der Waals surface area contributed by atoms with Crippen molar-refractivity contribution in [3.8, 4) is 0 Å². The Bertz CT molecular complexity index is 554. The first-order valence-electron chi connectivity index (χ1n) is 7.40. The molecule has 6 heteroatoms. The topological polar surface area (TPSA) is 58.6 Å². The average molecular weight is 312 g/mol. The van der Waals surface area contributed by atoms with Crippen LogP contribution in [0.5, 0.6) is 0 Å². The Labute approximate surface area is 127 Å². The van der Waals surface area contributed by atoms with Gasteiger partial charge in [0, 0.05) is 26.2 Å². The lowest BCUT2D eigenvalue weighted by atomic mass is 10.2. The van der Waals surface area contributed by atoms with Gasteiger partial charge in [-0.05, 0) is 37.1 Å². The monoisotopic (exact) mass is 312 g/mol. The highest BCUT2D eigenvalue weighted by Gasteiger charge is 2.32. The van der Waals surface area contributed by atoms with Crippen molar-refractivity contribution in [2.24, 2.45) is 0 Å². The summed E-state index contributed by atoms with van der Waals surface area (Å²) in [4.78, 5) is 0.359. The second-order valence-corrected chi connectivity index (χ2v) is 7.23. The van der Waals surface area contributed by atoms with Crippen molar-refractivity contribution >= 4 is 10.0 Å². The molecule has 1 saturated heterocycles. The van der Waals surface area contributed by atoms with Gasteiger partial charge in [0.1, 0.15) is 0 Å². The molecule has 0 bridgehead atoms. The molecule has 0 aliphatic carbocycles. The molecule has 1 aromatic carbocycles. The van der Waals surface area contributed by atoms with Gasteiger partial charge in [0.2, 0.25) is 10.0 Å². The van der Waals surface area contributed by atoms with Crippen molar-refractivity contribution in [3.05, 3.63) is 29.8 Å². The third-order valence-corrected chi connectivity index (χ3v) is 5.65. The zero-order valence-electron chi connectivity index (χ0n) is 12.7. The van der Waals surface area contributed by atoms with Crippen LogP contribution in [0.25, 0.3) is 0 Å². The Hall–Kier alpha value is -0.950. The minimum Gasteiger partial charge on any atom is -0.380 e. The van der Waals surface area contributed by atoms with Gasteiger partial charge in [-0.15, -0.1) is 0 Å². The zero-order chi connectivity index (χ0) is 15.3. The smallest absolute Gasteiger partial charge is 0.243 e. The summed E-state index contributed by atoms with van der Waals surface area (Å²) in [5.41, 5.74) is 0.875. The maximum absolute atomic E-state index is 12.9. The lowest BCUT2D eigenvalue weighted by Crippen LogP contribution is -2.42. The Morgan fingerprint density at radius 3 is 2.86 bits per heavy atom. The van der Waals surface area contributed by atoms with Gasteiger partial charge in [-0.3, -0.25) is 0 Å². The highest BCUT2D eigenvalue weighted by molar-refractivity contribution is 7.89. The highest BCUT2D eigenvalue weighted by Crippen LogP contribution is 2.22. The summed E-state index contributed by atoms with van der Waals surface area (Å²) in [6, 6.07) is 7.09. The van der Waals surface area contributed by atoms with Gasteiger partial charge in [-0.25, -0.2) is 8.42 Å². The highest BCUT2D eigenvalue weighted by atomic mass is 32.2. The maximum atomic E-state index is 12.9. The molecule has 1 atom stereocenters. The second-order valence-electron chi connectivity index (χ2n) is 5.34. The number of nitrogens with zero attached hydrogens (tertiary/aromatic N) is 1. The van der Waals surface area contributed by atoms with E-state index in [-0.39, 0.29) is 6.04 Å². The number of sulfonamides is 1. The van der Waals surface area contributed by atoms with Gasteiger partial charge in [0.05, 0.1) is 11.5 Å². The molecule has 5 nitrogen and oxygen atoms in total. The van der Waals surface area contributed by atoms with E-state index in [0.29, 0.717) is 18.0 Å². The van der Waals surface area contributed by atoms with E-state index < -0.39 is 10.0 Å². The van der Waals surface area contributed by atoms with E-state index in [4.69, 9.17) is 4.74 Å². The summed E-state index contributed by atoms with van der Waals surface area (Å²) in [6.07, 6.45) is 1.69. The summed E-state index contributed by atoms with van der Waals surface area (Å²) >= 11 is 0. The first-order valence-corrected chi connectivity index (χ1v) is 8.84. The normalized spacial score (nSPS) is 19.3. The molecular weight excluding hydrogens is 288 g/mol. The largest absolute Gasteiger partial charge is 0.380 e. The number of nitrogens with one attached hydrogen (secondary N) is 1. The fourth-order valence-corrected chi connectivity index (χ4v) is 4.52. The third kappa shape index (κ3) is 3.83. The molecule has 1 aliphatic rings. The lowest BCUT2D eigenvalue weighted by molar-refractivity contribution is 0.184. The molecule has 0 saturated carbocycles. The van der Waals surface area contributed by atoms with E-state index in [1.165, 1.54) is 0 Å².